The Kier molecular flexibility index (Phi) is 11.5. The summed E-state index contributed by atoms with van der Waals surface area (Å²) in [5.41, 5.74) is 4.59. The second-order valence-electron chi connectivity index (χ2n) is 13.0. The largest absolute Gasteiger partial charge is 0.481 e. The van der Waals surface area contributed by atoms with Gasteiger partial charge in [-0.15, -0.1) is 0 Å². The van der Waals surface area contributed by atoms with Gasteiger partial charge in [-0.25, -0.2) is 4.98 Å². The van der Waals surface area contributed by atoms with E-state index < -0.39 is 29.7 Å². The molecule has 2 atom stereocenters. The topological polar surface area (TPSA) is 118 Å². The summed E-state index contributed by atoms with van der Waals surface area (Å²) in [5, 5.41) is 16.6. The van der Waals surface area contributed by atoms with E-state index in [0.717, 1.165) is 59.0 Å². The summed E-state index contributed by atoms with van der Waals surface area (Å²) in [6.45, 7) is 2.03. The van der Waals surface area contributed by atoms with Gasteiger partial charge in [-0.2, -0.15) is 18.2 Å². The Labute approximate surface area is 305 Å². The number of benzene rings is 2. The summed E-state index contributed by atoms with van der Waals surface area (Å²) in [6, 6.07) is 16.6. The molecule has 52 heavy (non-hydrogen) atoms. The molecule has 14 heteroatoms. The normalized spacial score (nSPS) is 17.0. The SMILES string of the molecule is COc1nc(-c2cccc(-c3cccc4c3CC[C@@H]4Oc3nc(OC)c(CN(C)CC(=O)O)cc3C(F)(F)F)c2Cl)ccc1CNC[C@@H]1CCCN1. The van der Waals surface area contributed by atoms with Gasteiger partial charge in [0.25, 0.3) is 0 Å². The molecule has 1 aliphatic heterocycles. The third-order valence-electron chi connectivity index (χ3n) is 9.41. The molecular weight excluding hydrogens is 699 g/mol. The number of nitrogens with zero attached hydrogens (tertiary/aromatic N) is 3. The lowest BCUT2D eigenvalue weighted by Crippen LogP contribution is -2.33. The summed E-state index contributed by atoms with van der Waals surface area (Å²) in [6.07, 6.45) is -2.20. The van der Waals surface area contributed by atoms with E-state index in [4.69, 9.17) is 35.9 Å². The van der Waals surface area contributed by atoms with Crippen molar-refractivity contribution in [2.24, 2.45) is 0 Å². The first-order chi connectivity index (χ1) is 25.0. The number of halogens is 4. The Balaban J connectivity index is 1.26. The average Bonchev–Trinajstić information content (AvgIpc) is 3.78. The molecule has 0 unspecified atom stereocenters. The number of aliphatic carboxylic acids is 1. The maximum Gasteiger partial charge on any atom is 0.421 e. The number of alkyl halides is 3. The van der Waals surface area contributed by atoms with Crippen molar-refractivity contribution in [3.8, 4) is 40.0 Å². The minimum absolute atomic E-state index is 0.0771. The fourth-order valence-corrected chi connectivity index (χ4v) is 7.31. The fraction of sp³-hybridized carbons (Fsp3) is 0.395. The molecule has 4 aromatic rings. The van der Waals surface area contributed by atoms with E-state index in [0.29, 0.717) is 42.0 Å². The van der Waals surface area contributed by atoms with Crippen LogP contribution in [0.15, 0.2) is 54.6 Å². The second kappa shape index (κ2) is 16.1. The molecule has 1 aliphatic carbocycles. The van der Waals surface area contributed by atoms with Gasteiger partial charge in [0.2, 0.25) is 17.6 Å². The third-order valence-corrected chi connectivity index (χ3v) is 9.81. The van der Waals surface area contributed by atoms with Crippen LogP contribution in [-0.2, 0) is 30.5 Å². The number of pyridine rings is 2. The van der Waals surface area contributed by atoms with Crippen LogP contribution in [0.1, 0.15) is 53.2 Å². The van der Waals surface area contributed by atoms with Crippen molar-refractivity contribution < 1.29 is 37.3 Å². The number of nitrogens with one attached hydrogen (secondary N) is 2. The van der Waals surface area contributed by atoms with Gasteiger partial charge in [0, 0.05) is 47.9 Å². The summed E-state index contributed by atoms with van der Waals surface area (Å²) in [4.78, 5) is 21.4. The Morgan fingerprint density at radius 1 is 1.00 bits per heavy atom. The van der Waals surface area contributed by atoms with Gasteiger partial charge in [-0.3, -0.25) is 9.69 Å². The molecule has 0 spiro atoms. The van der Waals surface area contributed by atoms with Crippen molar-refractivity contribution in [1.29, 1.82) is 0 Å². The first kappa shape index (κ1) is 37.3. The molecule has 1 fully saturated rings. The number of carboxylic acids is 1. The Morgan fingerprint density at radius 2 is 1.73 bits per heavy atom. The highest BCUT2D eigenvalue weighted by molar-refractivity contribution is 6.36. The minimum atomic E-state index is -4.79. The van der Waals surface area contributed by atoms with E-state index in [-0.39, 0.29) is 24.5 Å². The summed E-state index contributed by atoms with van der Waals surface area (Å²) >= 11 is 7.10. The molecule has 276 valence electrons. The van der Waals surface area contributed by atoms with Crippen LogP contribution in [0.3, 0.4) is 0 Å². The van der Waals surface area contributed by atoms with Crippen LogP contribution in [0.25, 0.3) is 22.4 Å². The van der Waals surface area contributed by atoms with Crippen molar-refractivity contribution in [2.45, 2.75) is 57.1 Å². The molecule has 0 bridgehead atoms. The minimum Gasteiger partial charge on any atom is -0.481 e. The maximum atomic E-state index is 14.4. The molecule has 1 saturated heterocycles. The first-order valence-electron chi connectivity index (χ1n) is 17.1. The average molecular weight is 740 g/mol. The van der Waals surface area contributed by atoms with Crippen molar-refractivity contribution in [3.05, 3.63) is 87.4 Å². The first-order valence-corrected chi connectivity index (χ1v) is 17.5. The summed E-state index contributed by atoms with van der Waals surface area (Å²) in [5.74, 6) is -1.28. The van der Waals surface area contributed by atoms with Gasteiger partial charge in [-0.1, -0.05) is 54.1 Å². The molecular formula is C38H41ClF3N5O5. The molecule has 0 saturated carbocycles. The van der Waals surface area contributed by atoms with Crippen LogP contribution in [0.5, 0.6) is 17.6 Å². The number of aromatic nitrogens is 2. The van der Waals surface area contributed by atoms with Crippen LogP contribution in [0, 0.1) is 0 Å². The monoisotopic (exact) mass is 739 g/mol. The van der Waals surface area contributed by atoms with E-state index >= 15 is 0 Å². The lowest BCUT2D eigenvalue weighted by molar-refractivity contribution is -0.140. The molecule has 3 heterocycles. The third kappa shape index (κ3) is 8.28. The number of fused-ring (bicyclic) bond motifs is 1. The van der Waals surface area contributed by atoms with Gasteiger partial charge in [0.1, 0.15) is 11.7 Å². The van der Waals surface area contributed by atoms with Crippen molar-refractivity contribution in [3.63, 3.8) is 0 Å². The zero-order chi connectivity index (χ0) is 37.0. The van der Waals surface area contributed by atoms with Crippen molar-refractivity contribution in [2.75, 3.05) is 40.9 Å². The predicted octanol–water partition coefficient (Wildman–Crippen LogP) is 6.92. The van der Waals surface area contributed by atoms with Crippen LogP contribution < -0.4 is 24.8 Å². The highest BCUT2D eigenvalue weighted by Gasteiger charge is 2.39. The second-order valence-corrected chi connectivity index (χ2v) is 13.4. The van der Waals surface area contributed by atoms with Crippen LogP contribution in [-0.4, -0.2) is 72.9 Å². The van der Waals surface area contributed by atoms with Crippen LogP contribution in [0.2, 0.25) is 5.02 Å². The lowest BCUT2D eigenvalue weighted by atomic mass is 9.94. The van der Waals surface area contributed by atoms with Crippen LogP contribution >= 0.6 is 11.6 Å². The van der Waals surface area contributed by atoms with Crippen molar-refractivity contribution in [1.82, 2.24) is 25.5 Å². The molecule has 3 N–H and O–H groups in total. The molecule has 2 aromatic heterocycles. The smallest absolute Gasteiger partial charge is 0.421 e. The Bertz CT molecular complexity index is 1920. The summed E-state index contributed by atoms with van der Waals surface area (Å²) < 4.78 is 60.1. The number of hydrogen-bond donors (Lipinski definition) is 3. The molecule has 0 radical (unpaired) electrons. The quantitative estimate of drug-likeness (QED) is 0.126. The van der Waals surface area contributed by atoms with Crippen LogP contribution in [0.4, 0.5) is 13.2 Å². The fourth-order valence-electron chi connectivity index (χ4n) is 6.99. The van der Waals surface area contributed by atoms with Gasteiger partial charge < -0.3 is 30.0 Å². The van der Waals surface area contributed by atoms with E-state index in [9.17, 15) is 18.0 Å². The van der Waals surface area contributed by atoms with Gasteiger partial charge in [-0.05, 0) is 68.1 Å². The number of carboxylic acid groups (broad SMARTS) is 1. The lowest BCUT2D eigenvalue weighted by Gasteiger charge is -2.22. The maximum absolute atomic E-state index is 14.4. The Morgan fingerprint density at radius 3 is 2.44 bits per heavy atom. The number of likely N-dealkylation sites (N-methyl/N-ethyl adjacent to an activating group) is 1. The van der Waals surface area contributed by atoms with E-state index in [2.05, 4.69) is 15.6 Å². The highest BCUT2D eigenvalue weighted by atomic mass is 35.5. The molecule has 2 aromatic carbocycles. The number of ether oxygens (including phenoxy) is 3. The van der Waals surface area contributed by atoms with Crippen molar-refractivity contribution >= 4 is 17.6 Å². The van der Waals surface area contributed by atoms with E-state index in [1.54, 1.807) is 7.11 Å². The number of rotatable bonds is 14. The zero-order valence-corrected chi connectivity index (χ0v) is 29.9. The number of methoxy groups -OCH3 is 2. The number of hydrogen-bond acceptors (Lipinski definition) is 9. The molecule has 0 amide bonds. The van der Waals surface area contributed by atoms with Gasteiger partial charge in [0.05, 0.1) is 31.5 Å². The number of carbonyl (C=O) groups is 1. The van der Waals surface area contributed by atoms with Gasteiger partial charge in [0.15, 0.2) is 0 Å². The standard InChI is InChI=1S/C38H41ClF3N5O5/c1-47(21-33(48)49)20-23-17-30(38(40,41)42)37(46-36(23)51-3)52-32-15-13-26-25(8-4-9-27(26)32)28-10-5-11-29(34(28)39)31-14-12-22(35(45-31)50-2)18-43-19-24-7-6-16-44-24/h4-5,8-12,14,17,24,32,43-44H,6-7,13,15-16,18-21H2,1-3H3,(H,48,49)/t24-,32-/m0/s1. The molecule has 2 aliphatic rings. The molecule has 6 rings (SSSR count). The zero-order valence-electron chi connectivity index (χ0n) is 29.1. The molecule has 10 nitrogen and oxygen atoms in total. The van der Waals surface area contributed by atoms with Gasteiger partial charge >= 0.3 is 12.1 Å². The summed E-state index contributed by atoms with van der Waals surface area (Å²) in [7, 11) is 4.37. The van der Waals surface area contributed by atoms with E-state index in [1.807, 2.05) is 48.5 Å². The highest BCUT2D eigenvalue weighted by Crippen LogP contribution is 2.46. The predicted molar refractivity (Wildman–Crippen MR) is 191 cm³/mol. The Hall–Kier alpha value is -4.43. The van der Waals surface area contributed by atoms with E-state index in [1.165, 1.54) is 25.5 Å².